The first-order chi connectivity index (χ1) is 19.0. The Morgan fingerprint density at radius 2 is 1.79 bits per heavy atom. The van der Waals surface area contributed by atoms with Crippen molar-refractivity contribution in [3.05, 3.63) is 88.5 Å². The summed E-state index contributed by atoms with van der Waals surface area (Å²) in [5.74, 6) is 1.85. The first-order valence-corrected chi connectivity index (χ1v) is 13.8. The van der Waals surface area contributed by atoms with Crippen LogP contribution in [0.25, 0.3) is 28.3 Å². The molecule has 5 aromatic rings. The predicted molar refractivity (Wildman–Crippen MR) is 153 cm³/mol. The zero-order valence-corrected chi connectivity index (χ0v) is 23.1. The van der Waals surface area contributed by atoms with Gasteiger partial charge in [0.05, 0.1) is 6.54 Å². The molecular weight excluding hydrogens is 488 g/mol. The van der Waals surface area contributed by atoms with Crippen molar-refractivity contribution in [3.63, 3.8) is 0 Å². The van der Waals surface area contributed by atoms with E-state index in [4.69, 9.17) is 0 Å². The van der Waals surface area contributed by atoms with Crippen LogP contribution < -0.4 is 5.69 Å². The van der Waals surface area contributed by atoms with Crippen LogP contribution in [0.3, 0.4) is 0 Å². The number of aromatic amines is 1. The van der Waals surface area contributed by atoms with Crippen molar-refractivity contribution in [1.82, 2.24) is 39.3 Å². The maximum Gasteiger partial charge on any atom is 0.334 e. The first kappa shape index (κ1) is 26.3. The molecule has 1 aromatic carbocycles. The molecule has 0 amide bonds. The van der Waals surface area contributed by atoms with Gasteiger partial charge in [-0.3, -0.25) is 14.1 Å². The third-order valence-corrected chi connectivity index (χ3v) is 7.16. The number of hydrogen-bond acceptors (Lipinski definition) is 5. The Balaban J connectivity index is 1.56. The number of benzene rings is 1. The maximum atomic E-state index is 14.1. The second-order valence-electron chi connectivity index (χ2n) is 10.3. The molecule has 0 aliphatic carbocycles. The molecule has 0 bridgehead atoms. The average molecular weight is 525 g/mol. The van der Waals surface area contributed by atoms with E-state index in [0.717, 1.165) is 66.0 Å². The van der Waals surface area contributed by atoms with E-state index in [1.165, 1.54) is 5.56 Å². The number of nitrogens with one attached hydrogen (secondary N) is 1. The van der Waals surface area contributed by atoms with E-state index in [-0.39, 0.29) is 5.69 Å². The molecule has 9 heteroatoms. The Morgan fingerprint density at radius 3 is 2.49 bits per heavy atom. The standard InChI is InChI=1S/C30H36N8O/c1-5-7-8-25-20-38(29-26(21(3)4)14-17-36(29)16-6-2)30(39)37(25)19-24-18-31-15-13-27(24)22-9-11-23(12-10-22)28-32-34-35-33-28/h9-15,17-18,20-21H,5-8,16,19H2,1-4H3,(H,32,33,34,35). The molecule has 0 atom stereocenters. The lowest BCUT2D eigenvalue weighted by Crippen LogP contribution is -2.27. The lowest BCUT2D eigenvalue weighted by atomic mass is 10.00. The molecule has 0 saturated carbocycles. The zero-order chi connectivity index (χ0) is 27.4. The number of tetrazole rings is 1. The minimum atomic E-state index is -0.0127. The minimum Gasteiger partial charge on any atom is -0.334 e. The van der Waals surface area contributed by atoms with Crippen molar-refractivity contribution in [3.8, 4) is 28.3 Å². The molecule has 0 saturated heterocycles. The van der Waals surface area contributed by atoms with Crippen molar-refractivity contribution in [2.75, 3.05) is 0 Å². The number of pyridine rings is 1. The lowest BCUT2D eigenvalue weighted by Gasteiger charge is -2.13. The second kappa shape index (κ2) is 11.6. The molecule has 1 N–H and O–H groups in total. The molecule has 0 unspecified atom stereocenters. The summed E-state index contributed by atoms with van der Waals surface area (Å²) in [5.41, 5.74) is 6.19. The highest BCUT2D eigenvalue weighted by Crippen LogP contribution is 2.28. The normalized spacial score (nSPS) is 11.5. The van der Waals surface area contributed by atoms with Gasteiger partial charge in [-0.15, -0.1) is 10.2 Å². The molecule has 0 fully saturated rings. The highest BCUT2D eigenvalue weighted by molar-refractivity contribution is 5.70. The van der Waals surface area contributed by atoms with Crippen LogP contribution in [0.1, 0.15) is 69.7 Å². The Hall–Kier alpha value is -4.27. The van der Waals surface area contributed by atoms with Crippen molar-refractivity contribution in [1.29, 1.82) is 0 Å². The van der Waals surface area contributed by atoms with E-state index in [2.05, 4.69) is 76.3 Å². The smallest absolute Gasteiger partial charge is 0.334 e. The summed E-state index contributed by atoms with van der Waals surface area (Å²) in [4.78, 5) is 18.5. The van der Waals surface area contributed by atoms with Gasteiger partial charge in [0.2, 0.25) is 5.82 Å². The molecular formula is C30H36N8O. The van der Waals surface area contributed by atoms with E-state index in [9.17, 15) is 4.79 Å². The van der Waals surface area contributed by atoms with E-state index < -0.39 is 0 Å². The minimum absolute atomic E-state index is 0.0127. The molecule has 0 aliphatic heterocycles. The summed E-state index contributed by atoms with van der Waals surface area (Å²) in [5, 5.41) is 14.3. The van der Waals surface area contributed by atoms with Crippen LogP contribution in [0.15, 0.2) is 66.0 Å². The van der Waals surface area contributed by atoms with Gasteiger partial charge in [-0.1, -0.05) is 58.4 Å². The molecule has 5 rings (SSSR count). The van der Waals surface area contributed by atoms with Crippen LogP contribution in [-0.4, -0.2) is 39.3 Å². The predicted octanol–water partition coefficient (Wildman–Crippen LogP) is 5.61. The Labute approximate surface area is 228 Å². The van der Waals surface area contributed by atoms with Gasteiger partial charge in [0.15, 0.2) is 0 Å². The van der Waals surface area contributed by atoms with Crippen LogP contribution in [0.5, 0.6) is 0 Å². The highest BCUT2D eigenvalue weighted by Gasteiger charge is 2.20. The Bertz CT molecular complexity index is 1570. The summed E-state index contributed by atoms with van der Waals surface area (Å²) in [6.45, 7) is 10.0. The van der Waals surface area contributed by atoms with Crippen molar-refractivity contribution >= 4 is 0 Å². The third-order valence-electron chi connectivity index (χ3n) is 7.16. The summed E-state index contributed by atoms with van der Waals surface area (Å²) in [6, 6.07) is 12.2. The van der Waals surface area contributed by atoms with Gasteiger partial charge in [-0.2, -0.15) is 5.21 Å². The van der Waals surface area contributed by atoms with Crippen molar-refractivity contribution in [2.24, 2.45) is 0 Å². The SMILES string of the molecule is CCCCc1cn(-c2c(C(C)C)ccn2CCC)c(=O)n1Cc1cnccc1-c1ccc(-c2nn[nH]n2)cc1. The maximum absolute atomic E-state index is 14.1. The van der Waals surface area contributed by atoms with Crippen LogP contribution in [0, 0.1) is 0 Å². The number of nitrogens with zero attached hydrogens (tertiary/aromatic N) is 7. The quantitative estimate of drug-likeness (QED) is 0.242. The van der Waals surface area contributed by atoms with E-state index >= 15 is 0 Å². The average Bonchev–Trinajstić information content (AvgIpc) is 3.69. The number of imidazole rings is 1. The number of rotatable bonds is 11. The largest absolute Gasteiger partial charge is 0.334 e. The monoisotopic (exact) mass is 524 g/mol. The van der Waals surface area contributed by atoms with Crippen LogP contribution >= 0.6 is 0 Å². The molecule has 4 heterocycles. The topological polar surface area (TPSA) is 99.2 Å². The molecule has 0 aliphatic rings. The van der Waals surface area contributed by atoms with E-state index in [1.54, 1.807) is 6.20 Å². The number of hydrogen-bond donors (Lipinski definition) is 1. The fourth-order valence-electron chi connectivity index (χ4n) is 5.12. The molecule has 9 nitrogen and oxygen atoms in total. The Kier molecular flexibility index (Phi) is 7.86. The zero-order valence-electron chi connectivity index (χ0n) is 23.1. The third kappa shape index (κ3) is 5.34. The second-order valence-corrected chi connectivity index (χ2v) is 10.3. The highest BCUT2D eigenvalue weighted by atomic mass is 16.1. The van der Waals surface area contributed by atoms with Gasteiger partial charge in [-0.05, 0) is 64.8 Å². The molecule has 4 aromatic heterocycles. The van der Waals surface area contributed by atoms with Gasteiger partial charge in [0.25, 0.3) is 0 Å². The van der Waals surface area contributed by atoms with E-state index in [1.807, 2.05) is 45.7 Å². The van der Waals surface area contributed by atoms with Gasteiger partial charge in [0, 0.05) is 42.6 Å². The van der Waals surface area contributed by atoms with Gasteiger partial charge in [0.1, 0.15) is 5.82 Å². The number of unbranched alkanes of at least 4 members (excludes halogenated alkanes) is 1. The lowest BCUT2D eigenvalue weighted by molar-refractivity contribution is 0.639. The summed E-state index contributed by atoms with van der Waals surface area (Å²) in [6.07, 6.45) is 11.8. The molecule has 0 spiro atoms. The summed E-state index contributed by atoms with van der Waals surface area (Å²) < 4.78 is 6.01. The molecule has 39 heavy (non-hydrogen) atoms. The number of aryl methyl sites for hydroxylation is 2. The van der Waals surface area contributed by atoms with Crippen molar-refractivity contribution in [2.45, 2.75) is 72.4 Å². The van der Waals surface area contributed by atoms with Crippen LogP contribution in [0.2, 0.25) is 0 Å². The van der Waals surface area contributed by atoms with Crippen LogP contribution in [0.4, 0.5) is 0 Å². The fourth-order valence-corrected chi connectivity index (χ4v) is 5.12. The van der Waals surface area contributed by atoms with Gasteiger partial charge >= 0.3 is 5.69 Å². The number of H-pyrrole nitrogens is 1. The summed E-state index contributed by atoms with van der Waals surface area (Å²) in [7, 11) is 0. The Morgan fingerprint density at radius 1 is 1.00 bits per heavy atom. The molecule has 0 radical (unpaired) electrons. The number of aromatic nitrogens is 8. The first-order valence-electron chi connectivity index (χ1n) is 13.8. The van der Waals surface area contributed by atoms with Gasteiger partial charge < -0.3 is 4.57 Å². The summed E-state index contributed by atoms with van der Waals surface area (Å²) >= 11 is 0. The van der Waals surface area contributed by atoms with Crippen LogP contribution in [-0.2, 0) is 19.5 Å². The molecule has 202 valence electrons. The van der Waals surface area contributed by atoms with Crippen molar-refractivity contribution < 1.29 is 0 Å². The van der Waals surface area contributed by atoms with Gasteiger partial charge in [-0.25, -0.2) is 4.79 Å². The fraction of sp³-hybridized carbons (Fsp3) is 0.367. The van der Waals surface area contributed by atoms with E-state index in [0.29, 0.717) is 18.3 Å².